The van der Waals surface area contributed by atoms with Crippen LogP contribution >= 0.6 is 31.9 Å². The van der Waals surface area contributed by atoms with E-state index in [1.54, 1.807) is 0 Å². The van der Waals surface area contributed by atoms with Gasteiger partial charge in [-0.25, -0.2) is 0 Å². The minimum atomic E-state index is -0.471. The first-order valence-corrected chi connectivity index (χ1v) is 6.49. The first-order valence-electron chi connectivity index (χ1n) is 4.66. The Bertz CT molecular complexity index is 283. The second kappa shape index (κ2) is 5.97. The van der Waals surface area contributed by atoms with Gasteiger partial charge in [0.05, 0.1) is 4.83 Å². The minimum Gasteiger partial charge on any atom is -0.463 e. The number of hydrogen-bond acceptors (Lipinski definition) is 5. The second-order valence-corrected chi connectivity index (χ2v) is 5.31. The van der Waals surface area contributed by atoms with Crippen molar-refractivity contribution in [3.05, 3.63) is 0 Å². The summed E-state index contributed by atoms with van der Waals surface area (Å²) in [5.74, 6) is -0.790. The predicted molar refractivity (Wildman–Crippen MR) is 62.5 cm³/mol. The number of hydrogen-bond donors (Lipinski definition) is 0. The Hall–Kier alpha value is -0.140. The van der Waals surface area contributed by atoms with Gasteiger partial charge in [0, 0.05) is 13.8 Å². The average molecular weight is 360 g/mol. The van der Waals surface area contributed by atoms with Gasteiger partial charge in [0.15, 0.2) is 0 Å². The van der Waals surface area contributed by atoms with E-state index in [0.717, 1.165) is 0 Å². The molecule has 5 nitrogen and oxygen atoms in total. The molecule has 0 aromatic carbocycles. The molecule has 1 heterocycles. The van der Waals surface area contributed by atoms with Gasteiger partial charge in [0.1, 0.15) is 23.8 Å². The summed E-state index contributed by atoms with van der Waals surface area (Å²) in [6.45, 7) is 2.70. The monoisotopic (exact) mass is 358 g/mol. The van der Waals surface area contributed by atoms with Crippen LogP contribution in [0, 0.1) is 0 Å². The maximum atomic E-state index is 10.9. The van der Waals surface area contributed by atoms with Crippen molar-refractivity contribution in [3.8, 4) is 0 Å². The molecule has 1 fully saturated rings. The van der Waals surface area contributed by atoms with Crippen molar-refractivity contribution < 1.29 is 23.8 Å². The molecular formula is C9H12Br2O5. The van der Waals surface area contributed by atoms with E-state index in [1.807, 2.05) is 0 Å². The Morgan fingerprint density at radius 3 is 2.38 bits per heavy atom. The van der Waals surface area contributed by atoms with Crippen LogP contribution in [0.5, 0.6) is 0 Å². The van der Waals surface area contributed by atoms with Crippen LogP contribution in [-0.4, -0.2) is 40.6 Å². The van der Waals surface area contributed by atoms with Crippen molar-refractivity contribution >= 4 is 43.8 Å². The van der Waals surface area contributed by atoms with Gasteiger partial charge in [-0.3, -0.25) is 9.59 Å². The van der Waals surface area contributed by atoms with Crippen LogP contribution < -0.4 is 0 Å². The zero-order valence-electron chi connectivity index (χ0n) is 8.81. The lowest BCUT2D eigenvalue weighted by atomic mass is 10.2. The maximum absolute atomic E-state index is 10.9. The number of esters is 2. The highest BCUT2D eigenvalue weighted by Crippen LogP contribution is 2.33. The number of carbonyl (C=O) groups excluding carboxylic acids is 2. The molecule has 0 bridgehead atoms. The molecule has 1 aliphatic rings. The summed E-state index contributed by atoms with van der Waals surface area (Å²) in [4.78, 5) is 21.4. The normalized spacial score (nSPS) is 33.5. The third-order valence-corrected chi connectivity index (χ3v) is 4.48. The van der Waals surface area contributed by atoms with E-state index in [9.17, 15) is 9.59 Å². The van der Waals surface area contributed by atoms with Crippen molar-refractivity contribution in [1.29, 1.82) is 0 Å². The van der Waals surface area contributed by atoms with E-state index in [1.165, 1.54) is 13.8 Å². The van der Waals surface area contributed by atoms with Crippen molar-refractivity contribution in [2.75, 3.05) is 6.61 Å². The number of alkyl halides is 2. The quantitative estimate of drug-likeness (QED) is 0.562. The fourth-order valence-electron chi connectivity index (χ4n) is 1.34. The summed E-state index contributed by atoms with van der Waals surface area (Å²) in [6.07, 6.45) is -0.928. The van der Waals surface area contributed by atoms with Gasteiger partial charge in [-0.05, 0) is 0 Å². The highest BCUT2D eigenvalue weighted by Gasteiger charge is 2.44. The lowest BCUT2D eigenvalue weighted by Crippen LogP contribution is -2.35. The third kappa shape index (κ3) is 3.71. The average Bonchev–Trinajstić information content (AvgIpc) is 2.42. The molecule has 0 aliphatic carbocycles. The largest absolute Gasteiger partial charge is 0.463 e. The summed E-state index contributed by atoms with van der Waals surface area (Å²) < 4.78 is 15.4. The van der Waals surface area contributed by atoms with Crippen molar-refractivity contribution in [2.45, 2.75) is 35.9 Å². The first kappa shape index (κ1) is 13.9. The van der Waals surface area contributed by atoms with E-state index >= 15 is 0 Å². The van der Waals surface area contributed by atoms with Crippen LogP contribution in [0.3, 0.4) is 0 Å². The van der Waals surface area contributed by atoms with E-state index < -0.39 is 24.1 Å². The molecule has 0 N–H and O–H groups in total. The van der Waals surface area contributed by atoms with E-state index in [-0.39, 0.29) is 16.4 Å². The van der Waals surface area contributed by atoms with Crippen LogP contribution in [0.25, 0.3) is 0 Å². The topological polar surface area (TPSA) is 61.8 Å². The molecule has 1 saturated heterocycles. The fraction of sp³-hybridized carbons (Fsp3) is 0.778. The van der Waals surface area contributed by atoms with Gasteiger partial charge >= 0.3 is 11.9 Å². The van der Waals surface area contributed by atoms with Crippen LogP contribution in [-0.2, 0) is 23.8 Å². The summed E-state index contributed by atoms with van der Waals surface area (Å²) >= 11 is 6.64. The predicted octanol–water partition coefficient (Wildman–Crippen LogP) is 1.36. The van der Waals surface area contributed by atoms with Crippen molar-refractivity contribution in [3.63, 3.8) is 0 Å². The fourth-order valence-corrected chi connectivity index (χ4v) is 2.49. The molecule has 1 rings (SSSR count). The first-order chi connectivity index (χ1) is 7.41. The molecule has 0 aromatic heterocycles. The second-order valence-electron chi connectivity index (χ2n) is 3.35. The molecule has 92 valence electrons. The van der Waals surface area contributed by atoms with Crippen LogP contribution in [0.15, 0.2) is 0 Å². The Balaban J connectivity index is 2.59. The Labute approximate surface area is 110 Å². The van der Waals surface area contributed by atoms with Gasteiger partial charge < -0.3 is 14.2 Å². The lowest BCUT2D eigenvalue weighted by molar-refractivity contribution is -0.154. The van der Waals surface area contributed by atoms with E-state index in [2.05, 4.69) is 31.9 Å². The number of carbonyl (C=O) groups is 2. The Kier molecular flexibility index (Phi) is 5.20. The standard InChI is InChI=1S/C9H12Br2O5/c1-4(12)14-3-6-8(15-5(2)13)7(10)9(11)16-6/h6-9H,3H2,1-2H3/t6-,7-,8-,9+/m1/s1. The molecule has 1 aliphatic heterocycles. The van der Waals surface area contributed by atoms with E-state index in [4.69, 9.17) is 14.2 Å². The third-order valence-electron chi connectivity index (χ3n) is 1.99. The lowest BCUT2D eigenvalue weighted by Gasteiger charge is -2.19. The SMILES string of the molecule is CC(=O)OC[C@H]1O[C@H](Br)[C@H](Br)[C@@H]1OC(C)=O. The van der Waals surface area contributed by atoms with Gasteiger partial charge in [0.2, 0.25) is 0 Å². The summed E-state index contributed by atoms with van der Waals surface area (Å²) in [6, 6.07) is 0. The van der Waals surface area contributed by atoms with Gasteiger partial charge in [-0.15, -0.1) is 0 Å². The summed E-state index contributed by atoms with van der Waals surface area (Å²) in [7, 11) is 0. The van der Waals surface area contributed by atoms with Crippen LogP contribution in [0.4, 0.5) is 0 Å². The summed E-state index contributed by atoms with van der Waals surface area (Å²) in [5.41, 5.74) is 0. The Morgan fingerprint density at radius 2 is 1.88 bits per heavy atom. The molecule has 16 heavy (non-hydrogen) atoms. The molecule has 0 unspecified atom stereocenters. The van der Waals surface area contributed by atoms with Crippen LogP contribution in [0.1, 0.15) is 13.8 Å². The zero-order valence-corrected chi connectivity index (χ0v) is 12.0. The molecule has 0 radical (unpaired) electrons. The van der Waals surface area contributed by atoms with E-state index in [0.29, 0.717) is 0 Å². The van der Waals surface area contributed by atoms with Gasteiger partial charge in [-0.1, -0.05) is 31.9 Å². The summed E-state index contributed by atoms with van der Waals surface area (Å²) in [5, 5.41) is -0.280. The molecule has 0 saturated carbocycles. The number of halogens is 2. The molecule has 0 aromatic rings. The molecular weight excluding hydrogens is 348 g/mol. The molecule has 0 spiro atoms. The van der Waals surface area contributed by atoms with Crippen LogP contribution in [0.2, 0.25) is 0 Å². The highest BCUT2D eigenvalue weighted by atomic mass is 79.9. The zero-order chi connectivity index (χ0) is 12.3. The Morgan fingerprint density at radius 1 is 1.25 bits per heavy atom. The van der Waals surface area contributed by atoms with Gasteiger partial charge in [-0.2, -0.15) is 0 Å². The smallest absolute Gasteiger partial charge is 0.303 e. The maximum Gasteiger partial charge on any atom is 0.303 e. The van der Waals surface area contributed by atoms with Crippen molar-refractivity contribution in [1.82, 2.24) is 0 Å². The highest BCUT2D eigenvalue weighted by molar-refractivity contribution is 9.12. The minimum absolute atomic E-state index is 0.0669. The van der Waals surface area contributed by atoms with Gasteiger partial charge in [0.25, 0.3) is 0 Å². The molecule has 0 amide bonds. The molecule has 4 atom stereocenters. The molecule has 7 heteroatoms. The number of ether oxygens (including phenoxy) is 3. The van der Waals surface area contributed by atoms with Crippen molar-refractivity contribution in [2.24, 2.45) is 0 Å². The number of rotatable bonds is 3.